The summed E-state index contributed by atoms with van der Waals surface area (Å²) in [5.41, 5.74) is 0.994. The average molecular weight is 287 g/mol. The molecule has 2 rings (SSSR count). The highest BCUT2D eigenvalue weighted by Crippen LogP contribution is 2.20. The number of H-pyrrole nitrogens is 1. The van der Waals surface area contributed by atoms with Crippen molar-refractivity contribution in [2.45, 2.75) is 19.9 Å². The lowest BCUT2D eigenvalue weighted by Crippen LogP contribution is -2.31. The van der Waals surface area contributed by atoms with Crippen LogP contribution in [0.1, 0.15) is 36.1 Å². The second-order valence-electron chi connectivity index (χ2n) is 4.66. The van der Waals surface area contributed by atoms with Crippen LogP contribution >= 0.6 is 0 Å². The first kappa shape index (κ1) is 14.7. The number of amides is 2. The van der Waals surface area contributed by atoms with Crippen molar-refractivity contribution in [3.8, 4) is 0 Å². The number of nitrogens with one attached hydrogen (secondary N) is 2. The Balaban J connectivity index is 2.21. The van der Waals surface area contributed by atoms with Gasteiger partial charge in [0.05, 0.1) is 17.3 Å². The van der Waals surface area contributed by atoms with Crippen molar-refractivity contribution in [3.05, 3.63) is 42.0 Å². The Kier molecular flexibility index (Phi) is 4.32. The van der Waals surface area contributed by atoms with Crippen molar-refractivity contribution in [2.75, 3.05) is 11.9 Å². The van der Waals surface area contributed by atoms with Gasteiger partial charge in [-0.05, 0) is 19.1 Å². The summed E-state index contributed by atoms with van der Waals surface area (Å²) in [5, 5.41) is 9.28. The van der Waals surface area contributed by atoms with Crippen LogP contribution in [0.25, 0.3) is 0 Å². The van der Waals surface area contributed by atoms with Gasteiger partial charge < -0.3 is 10.2 Å². The molecule has 21 heavy (non-hydrogen) atoms. The minimum Gasteiger partial charge on any atom is -0.342 e. The van der Waals surface area contributed by atoms with Crippen molar-refractivity contribution in [3.63, 3.8) is 0 Å². The van der Waals surface area contributed by atoms with E-state index in [1.807, 2.05) is 0 Å². The molecule has 1 aromatic heterocycles. The molecular weight excluding hydrogens is 270 g/mol. The van der Waals surface area contributed by atoms with Crippen LogP contribution in [0, 0.1) is 0 Å². The number of rotatable bonds is 4. The summed E-state index contributed by atoms with van der Waals surface area (Å²) < 4.78 is 0. The smallest absolute Gasteiger partial charge is 0.253 e. The monoisotopic (exact) mass is 287 g/mol. The van der Waals surface area contributed by atoms with Crippen LogP contribution in [-0.2, 0) is 4.79 Å². The largest absolute Gasteiger partial charge is 0.342 e. The minimum atomic E-state index is -0.310. The molecule has 2 aromatic rings. The quantitative estimate of drug-likeness (QED) is 0.886. The Labute approximate surface area is 122 Å². The van der Waals surface area contributed by atoms with Crippen LogP contribution in [-0.4, -0.2) is 34.0 Å². The first-order chi connectivity index (χ1) is 10.0. The van der Waals surface area contributed by atoms with Gasteiger partial charge in [0, 0.05) is 14.0 Å². The maximum atomic E-state index is 12.4. The van der Waals surface area contributed by atoms with Gasteiger partial charge in [0.15, 0.2) is 0 Å². The van der Waals surface area contributed by atoms with E-state index in [-0.39, 0.29) is 17.9 Å². The van der Waals surface area contributed by atoms with E-state index in [0.717, 1.165) is 0 Å². The number of nitrogens with zero attached hydrogens (tertiary/aromatic N) is 3. The zero-order valence-corrected chi connectivity index (χ0v) is 12.1. The molecule has 0 aliphatic rings. The average Bonchev–Trinajstić information content (AvgIpc) is 3.00. The topological polar surface area (TPSA) is 91.0 Å². The maximum absolute atomic E-state index is 12.4. The molecule has 1 aromatic carbocycles. The Morgan fingerprint density at radius 2 is 2.05 bits per heavy atom. The maximum Gasteiger partial charge on any atom is 0.253 e. The van der Waals surface area contributed by atoms with E-state index in [1.54, 1.807) is 38.2 Å². The minimum absolute atomic E-state index is 0.140. The summed E-state index contributed by atoms with van der Waals surface area (Å²) >= 11 is 0. The number of carbonyl (C=O) groups excluding carboxylic acids is 2. The number of aromatic amines is 1. The first-order valence-electron chi connectivity index (χ1n) is 6.50. The highest BCUT2D eigenvalue weighted by Gasteiger charge is 2.18. The number of para-hydroxylation sites is 1. The van der Waals surface area contributed by atoms with Gasteiger partial charge in [-0.3, -0.25) is 14.7 Å². The third-order valence-corrected chi connectivity index (χ3v) is 3.17. The molecule has 0 bridgehead atoms. The van der Waals surface area contributed by atoms with Gasteiger partial charge in [-0.15, -0.1) is 0 Å². The van der Waals surface area contributed by atoms with Gasteiger partial charge in [0.25, 0.3) is 5.91 Å². The van der Waals surface area contributed by atoms with Crippen LogP contribution in [0.15, 0.2) is 30.6 Å². The fraction of sp³-hybridized carbons (Fsp3) is 0.286. The highest BCUT2D eigenvalue weighted by atomic mass is 16.2. The van der Waals surface area contributed by atoms with Gasteiger partial charge in [0.2, 0.25) is 5.91 Å². The molecule has 1 heterocycles. The second-order valence-corrected chi connectivity index (χ2v) is 4.66. The van der Waals surface area contributed by atoms with Crippen molar-refractivity contribution >= 4 is 17.5 Å². The Bertz CT molecular complexity index is 639. The molecule has 7 heteroatoms. The van der Waals surface area contributed by atoms with Gasteiger partial charge in [-0.2, -0.15) is 5.10 Å². The van der Waals surface area contributed by atoms with E-state index in [2.05, 4.69) is 20.5 Å². The lowest BCUT2D eigenvalue weighted by atomic mass is 10.1. The molecule has 110 valence electrons. The molecule has 2 N–H and O–H groups in total. The predicted octanol–water partition coefficient (Wildman–Crippen LogP) is 1.28. The molecule has 1 unspecified atom stereocenters. The number of benzene rings is 1. The van der Waals surface area contributed by atoms with E-state index in [4.69, 9.17) is 0 Å². The lowest BCUT2D eigenvalue weighted by molar-refractivity contribution is -0.116. The molecule has 0 aliphatic heterocycles. The van der Waals surface area contributed by atoms with Crippen LogP contribution < -0.4 is 10.2 Å². The number of hydrogen-bond donors (Lipinski definition) is 2. The van der Waals surface area contributed by atoms with Crippen molar-refractivity contribution in [2.24, 2.45) is 0 Å². The third-order valence-electron chi connectivity index (χ3n) is 3.17. The molecule has 7 nitrogen and oxygen atoms in total. The Morgan fingerprint density at radius 1 is 1.33 bits per heavy atom. The molecule has 1 atom stereocenters. The highest BCUT2D eigenvalue weighted by molar-refractivity contribution is 6.04. The Hall–Kier alpha value is -2.70. The van der Waals surface area contributed by atoms with Gasteiger partial charge in [-0.25, -0.2) is 4.98 Å². The normalized spacial score (nSPS) is 11.8. The van der Waals surface area contributed by atoms with E-state index < -0.39 is 0 Å². The molecular formula is C14H17N5O2. The SMILES string of the molecule is CC(=O)N(C)c1ccccc1C(=O)NC(C)c1ncn[nH]1. The number of hydrogen-bond acceptors (Lipinski definition) is 4. The molecule has 0 fully saturated rings. The zero-order chi connectivity index (χ0) is 15.4. The van der Waals surface area contributed by atoms with E-state index in [1.165, 1.54) is 18.2 Å². The van der Waals surface area contributed by atoms with Crippen LogP contribution in [0.2, 0.25) is 0 Å². The van der Waals surface area contributed by atoms with E-state index in [0.29, 0.717) is 17.1 Å². The second kappa shape index (κ2) is 6.17. The van der Waals surface area contributed by atoms with Crippen LogP contribution in [0.5, 0.6) is 0 Å². The summed E-state index contributed by atoms with van der Waals surface area (Å²) in [5.74, 6) is 0.155. The number of anilines is 1. The molecule has 0 spiro atoms. The predicted molar refractivity (Wildman–Crippen MR) is 77.8 cm³/mol. The summed E-state index contributed by atoms with van der Waals surface area (Å²) in [4.78, 5) is 29.3. The Morgan fingerprint density at radius 3 is 2.67 bits per heavy atom. The van der Waals surface area contributed by atoms with E-state index in [9.17, 15) is 9.59 Å². The van der Waals surface area contributed by atoms with Crippen LogP contribution in [0.3, 0.4) is 0 Å². The molecule has 0 radical (unpaired) electrons. The van der Waals surface area contributed by atoms with E-state index >= 15 is 0 Å². The molecule has 0 saturated heterocycles. The summed E-state index contributed by atoms with van der Waals surface area (Å²) in [7, 11) is 1.63. The fourth-order valence-corrected chi connectivity index (χ4v) is 1.89. The number of carbonyl (C=O) groups is 2. The fourth-order valence-electron chi connectivity index (χ4n) is 1.89. The molecule has 0 saturated carbocycles. The summed E-state index contributed by atoms with van der Waals surface area (Å²) in [6, 6.07) is 6.64. The zero-order valence-electron chi connectivity index (χ0n) is 12.1. The molecule has 0 aliphatic carbocycles. The summed E-state index contributed by atoms with van der Waals surface area (Å²) in [6.45, 7) is 3.25. The summed E-state index contributed by atoms with van der Waals surface area (Å²) in [6.07, 6.45) is 1.38. The standard InChI is InChI=1S/C14H17N5O2/c1-9(13-15-8-16-18-13)17-14(21)11-6-4-5-7-12(11)19(3)10(2)20/h4-9H,1-3H3,(H,17,21)(H,15,16,18). The van der Waals surface area contributed by atoms with Crippen molar-refractivity contribution < 1.29 is 9.59 Å². The van der Waals surface area contributed by atoms with Crippen LogP contribution in [0.4, 0.5) is 5.69 Å². The van der Waals surface area contributed by atoms with Gasteiger partial charge in [0.1, 0.15) is 12.2 Å². The van der Waals surface area contributed by atoms with Gasteiger partial charge in [-0.1, -0.05) is 12.1 Å². The third kappa shape index (κ3) is 3.25. The van der Waals surface area contributed by atoms with Gasteiger partial charge >= 0.3 is 0 Å². The molecule has 2 amide bonds. The number of aromatic nitrogens is 3. The van der Waals surface area contributed by atoms with Crippen molar-refractivity contribution in [1.29, 1.82) is 0 Å². The first-order valence-corrected chi connectivity index (χ1v) is 6.50. The van der Waals surface area contributed by atoms with Crippen molar-refractivity contribution in [1.82, 2.24) is 20.5 Å². The lowest BCUT2D eigenvalue weighted by Gasteiger charge is -2.19.